The van der Waals surface area contributed by atoms with Gasteiger partial charge >= 0.3 is 6.61 Å². The first-order valence-corrected chi connectivity index (χ1v) is 5.83. The molecule has 5 nitrogen and oxygen atoms in total. The smallest absolute Gasteiger partial charge is 0.387 e. The maximum Gasteiger partial charge on any atom is 0.387 e. The number of rotatable bonds is 4. The molecule has 0 aliphatic heterocycles. The summed E-state index contributed by atoms with van der Waals surface area (Å²) in [5.41, 5.74) is 4.94. The van der Waals surface area contributed by atoms with Crippen LogP contribution < -0.4 is 15.8 Å². The number of pyridine rings is 1. The van der Waals surface area contributed by atoms with Crippen molar-refractivity contribution >= 4 is 17.4 Å². The van der Waals surface area contributed by atoms with Crippen LogP contribution in [0.2, 0.25) is 0 Å². The fourth-order valence-electron chi connectivity index (χ4n) is 1.59. The van der Waals surface area contributed by atoms with Gasteiger partial charge in [0.15, 0.2) is 17.4 Å². The van der Waals surface area contributed by atoms with Crippen molar-refractivity contribution in [1.29, 1.82) is 0 Å². The lowest BCUT2D eigenvalue weighted by Crippen LogP contribution is -2.14. The standard InChI is InChI=1S/C13H9F4N3O2/c14-7-5-10(22-13(16)17)8(15)4-9(7)20-12(21)6-1-2-19-11(18)3-6/h1-5,13H,(H2,18,19)(H,20,21). The molecule has 0 aliphatic carbocycles. The maximum atomic E-state index is 13.7. The van der Waals surface area contributed by atoms with Crippen LogP contribution in [0.5, 0.6) is 5.75 Å². The summed E-state index contributed by atoms with van der Waals surface area (Å²) >= 11 is 0. The average Bonchev–Trinajstić information content (AvgIpc) is 2.43. The molecule has 116 valence electrons. The molecule has 1 amide bonds. The van der Waals surface area contributed by atoms with Crippen LogP contribution in [0.25, 0.3) is 0 Å². The second-order valence-corrected chi connectivity index (χ2v) is 4.06. The van der Waals surface area contributed by atoms with E-state index in [-0.39, 0.29) is 11.4 Å². The largest absolute Gasteiger partial charge is 0.432 e. The molecule has 0 spiro atoms. The number of benzene rings is 1. The van der Waals surface area contributed by atoms with E-state index in [4.69, 9.17) is 5.73 Å². The van der Waals surface area contributed by atoms with Gasteiger partial charge in [0.25, 0.3) is 5.91 Å². The van der Waals surface area contributed by atoms with Gasteiger partial charge in [0.2, 0.25) is 0 Å². The van der Waals surface area contributed by atoms with E-state index < -0.39 is 35.6 Å². The number of alkyl halides is 2. The maximum absolute atomic E-state index is 13.7. The lowest BCUT2D eigenvalue weighted by molar-refractivity contribution is -0.0523. The summed E-state index contributed by atoms with van der Waals surface area (Å²) in [6, 6.07) is 3.50. The van der Waals surface area contributed by atoms with Crippen molar-refractivity contribution in [1.82, 2.24) is 4.98 Å². The molecule has 0 fully saturated rings. The second-order valence-electron chi connectivity index (χ2n) is 4.06. The van der Waals surface area contributed by atoms with Gasteiger partial charge in [-0.05, 0) is 12.1 Å². The number of hydrogen-bond donors (Lipinski definition) is 2. The number of nitrogen functional groups attached to an aromatic ring is 1. The van der Waals surface area contributed by atoms with Crippen LogP contribution in [-0.2, 0) is 0 Å². The van der Waals surface area contributed by atoms with Gasteiger partial charge in [-0.1, -0.05) is 0 Å². The van der Waals surface area contributed by atoms with Crippen LogP contribution in [0, 0.1) is 11.6 Å². The molecule has 2 aromatic rings. The number of nitrogens with two attached hydrogens (primary N) is 1. The Labute approximate surface area is 121 Å². The van der Waals surface area contributed by atoms with Crippen molar-refractivity contribution in [2.24, 2.45) is 0 Å². The summed E-state index contributed by atoms with van der Waals surface area (Å²) in [6.07, 6.45) is 1.26. The third-order valence-corrected chi connectivity index (χ3v) is 2.53. The number of nitrogens with zero attached hydrogens (tertiary/aromatic N) is 1. The summed E-state index contributed by atoms with van der Waals surface area (Å²) in [5.74, 6) is -4.03. The molecule has 0 aliphatic rings. The SMILES string of the molecule is Nc1cc(C(=O)Nc2cc(F)c(OC(F)F)cc2F)ccn1. The van der Waals surface area contributed by atoms with Crippen LogP contribution >= 0.6 is 0 Å². The van der Waals surface area contributed by atoms with E-state index in [2.05, 4.69) is 15.0 Å². The van der Waals surface area contributed by atoms with E-state index in [0.29, 0.717) is 12.1 Å². The molecule has 1 heterocycles. The Hall–Kier alpha value is -2.84. The number of amides is 1. The van der Waals surface area contributed by atoms with E-state index in [1.54, 1.807) is 0 Å². The van der Waals surface area contributed by atoms with Crippen molar-refractivity contribution in [2.75, 3.05) is 11.1 Å². The third-order valence-electron chi connectivity index (χ3n) is 2.53. The van der Waals surface area contributed by atoms with Gasteiger partial charge in [0, 0.05) is 23.9 Å². The Balaban J connectivity index is 2.23. The van der Waals surface area contributed by atoms with Gasteiger partial charge in [-0.25, -0.2) is 13.8 Å². The van der Waals surface area contributed by atoms with Crippen LogP contribution in [0.4, 0.5) is 29.1 Å². The quantitative estimate of drug-likeness (QED) is 0.851. The molecule has 0 saturated carbocycles. The van der Waals surface area contributed by atoms with E-state index in [9.17, 15) is 22.4 Å². The van der Waals surface area contributed by atoms with Crippen molar-refractivity contribution in [3.63, 3.8) is 0 Å². The lowest BCUT2D eigenvalue weighted by Gasteiger charge is -2.10. The van der Waals surface area contributed by atoms with Crippen molar-refractivity contribution in [3.8, 4) is 5.75 Å². The molecule has 0 saturated heterocycles. The van der Waals surface area contributed by atoms with E-state index in [0.717, 1.165) is 0 Å². The highest BCUT2D eigenvalue weighted by atomic mass is 19.3. The zero-order chi connectivity index (χ0) is 16.3. The molecule has 3 N–H and O–H groups in total. The molecular formula is C13H9F4N3O2. The Bertz CT molecular complexity index is 710. The van der Waals surface area contributed by atoms with Crippen LogP contribution in [0.15, 0.2) is 30.5 Å². The fourth-order valence-corrected chi connectivity index (χ4v) is 1.59. The van der Waals surface area contributed by atoms with Gasteiger partial charge in [-0.15, -0.1) is 0 Å². The molecule has 0 atom stereocenters. The number of halogens is 4. The zero-order valence-electron chi connectivity index (χ0n) is 10.8. The van der Waals surface area contributed by atoms with Crippen LogP contribution in [0.1, 0.15) is 10.4 Å². The van der Waals surface area contributed by atoms with Crippen molar-refractivity contribution < 1.29 is 27.1 Å². The lowest BCUT2D eigenvalue weighted by atomic mass is 10.2. The van der Waals surface area contributed by atoms with Crippen LogP contribution in [-0.4, -0.2) is 17.5 Å². The minimum absolute atomic E-state index is 0.0694. The van der Waals surface area contributed by atoms with Gasteiger partial charge in [-0.2, -0.15) is 8.78 Å². The van der Waals surface area contributed by atoms with E-state index in [1.807, 2.05) is 0 Å². The first-order valence-electron chi connectivity index (χ1n) is 5.83. The minimum atomic E-state index is -3.30. The molecule has 1 aromatic heterocycles. The molecule has 0 bridgehead atoms. The number of aromatic nitrogens is 1. The van der Waals surface area contributed by atoms with Gasteiger partial charge in [0.1, 0.15) is 5.82 Å². The van der Waals surface area contributed by atoms with Crippen molar-refractivity contribution in [3.05, 3.63) is 47.7 Å². The average molecular weight is 315 g/mol. The highest BCUT2D eigenvalue weighted by molar-refractivity contribution is 6.04. The van der Waals surface area contributed by atoms with Crippen LogP contribution in [0.3, 0.4) is 0 Å². The van der Waals surface area contributed by atoms with E-state index in [1.165, 1.54) is 18.3 Å². The van der Waals surface area contributed by atoms with Crippen molar-refractivity contribution in [2.45, 2.75) is 6.61 Å². The Morgan fingerprint density at radius 1 is 1.23 bits per heavy atom. The predicted octanol–water partition coefficient (Wildman–Crippen LogP) is 2.80. The highest BCUT2D eigenvalue weighted by Gasteiger charge is 2.16. The normalized spacial score (nSPS) is 10.6. The summed E-state index contributed by atoms with van der Waals surface area (Å²) in [4.78, 5) is 15.5. The first-order chi connectivity index (χ1) is 10.4. The van der Waals surface area contributed by atoms with Gasteiger partial charge in [-0.3, -0.25) is 4.79 Å². The molecule has 2 rings (SSSR count). The summed E-state index contributed by atoms with van der Waals surface area (Å²) in [6.45, 7) is -3.30. The summed E-state index contributed by atoms with van der Waals surface area (Å²) in [7, 11) is 0. The fraction of sp³-hybridized carbons (Fsp3) is 0.0769. The number of carbonyl (C=O) groups is 1. The molecule has 0 radical (unpaired) electrons. The molecule has 1 aromatic carbocycles. The Morgan fingerprint density at radius 2 is 1.95 bits per heavy atom. The monoisotopic (exact) mass is 315 g/mol. The second kappa shape index (κ2) is 6.29. The third kappa shape index (κ3) is 3.62. The number of hydrogen-bond acceptors (Lipinski definition) is 4. The number of anilines is 2. The molecule has 0 unspecified atom stereocenters. The van der Waals surface area contributed by atoms with Gasteiger partial charge < -0.3 is 15.8 Å². The summed E-state index contributed by atoms with van der Waals surface area (Å²) < 4.78 is 55.0. The first kappa shape index (κ1) is 15.5. The number of ether oxygens (including phenoxy) is 1. The zero-order valence-corrected chi connectivity index (χ0v) is 10.8. The number of carbonyl (C=O) groups excluding carboxylic acids is 1. The van der Waals surface area contributed by atoms with Gasteiger partial charge in [0.05, 0.1) is 5.69 Å². The highest BCUT2D eigenvalue weighted by Crippen LogP contribution is 2.26. The topological polar surface area (TPSA) is 77.2 Å². The molecule has 22 heavy (non-hydrogen) atoms. The number of nitrogens with one attached hydrogen (secondary N) is 1. The minimum Gasteiger partial charge on any atom is -0.432 e. The van der Waals surface area contributed by atoms with E-state index >= 15 is 0 Å². The predicted molar refractivity (Wildman–Crippen MR) is 69.6 cm³/mol. The molecule has 9 heteroatoms. The molecular weight excluding hydrogens is 306 g/mol. The Morgan fingerprint density at radius 3 is 2.59 bits per heavy atom. The summed E-state index contributed by atoms with van der Waals surface area (Å²) in [5, 5.41) is 2.09. The Kier molecular flexibility index (Phi) is 4.44.